The van der Waals surface area contributed by atoms with Gasteiger partial charge in [-0.25, -0.2) is 14.8 Å². The van der Waals surface area contributed by atoms with E-state index in [2.05, 4.69) is 20.3 Å². The molecule has 11 heteroatoms. The molecule has 1 aromatic carbocycles. The van der Waals surface area contributed by atoms with Gasteiger partial charge < -0.3 is 19.9 Å². The first kappa shape index (κ1) is 23.9. The second-order valence-corrected chi connectivity index (χ2v) is 10.2. The molecule has 2 bridgehead atoms. The van der Waals surface area contributed by atoms with Crippen molar-refractivity contribution < 1.29 is 22.7 Å². The highest BCUT2D eigenvalue weighted by molar-refractivity contribution is 5.96. The van der Waals surface area contributed by atoms with Crippen LogP contribution in [0.5, 0.6) is 0 Å². The lowest BCUT2D eigenvalue weighted by atomic mass is 9.96. The first-order valence-electron chi connectivity index (χ1n) is 11.7. The number of nitriles is 1. The van der Waals surface area contributed by atoms with Gasteiger partial charge in [0.15, 0.2) is 0 Å². The number of nitrogens with zero attached hydrogens (tertiary/aromatic N) is 4. The van der Waals surface area contributed by atoms with Gasteiger partial charge in [-0.15, -0.1) is 0 Å². The molecule has 2 aliphatic rings. The van der Waals surface area contributed by atoms with Gasteiger partial charge in [-0.3, -0.25) is 0 Å². The lowest BCUT2D eigenvalue weighted by Gasteiger charge is -2.28. The Bertz CT molecular complexity index is 1370. The number of nitrogens with one attached hydrogen (secondary N) is 2. The van der Waals surface area contributed by atoms with E-state index >= 15 is 0 Å². The highest BCUT2D eigenvalue weighted by atomic mass is 19.4. The van der Waals surface area contributed by atoms with Crippen LogP contribution < -0.4 is 5.32 Å². The van der Waals surface area contributed by atoms with Gasteiger partial charge in [0.25, 0.3) is 0 Å². The van der Waals surface area contributed by atoms with Gasteiger partial charge in [0.2, 0.25) is 5.95 Å². The van der Waals surface area contributed by atoms with Gasteiger partial charge in [-0.1, -0.05) is 6.07 Å². The molecule has 8 nitrogen and oxygen atoms in total. The number of ether oxygens (including phenoxy) is 1. The number of aromatic amines is 1. The van der Waals surface area contributed by atoms with E-state index in [1.165, 1.54) is 6.20 Å². The van der Waals surface area contributed by atoms with Crippen LogP contribution in [0.25, 0.3) is 22.2 Å². The molecule has 2 aromatic heterocycles. The molecule has 5 rings (SSSR count). The van der Waals surface area contributed by atoms with Crippen LogP contribution >= 0.6 is 0 Å². The Kier molecular flexibility index (Phi) is 5.58. The standard InChI is InChI=1S/C25H25F3N6O2/c1-24(2,3)36-23(35)34-14-5-7-20(34)19(9-14)32-22-31-12-17(25(26,27)28)21(33-22)16-11-30-18-8-13(10-29)4-6-15(16)18/h4,6,8,11-12,14,19-20,30H,5,7,9H2,1-3H3,(H,31,32,33)/t14-,19?,20?/m0/s1. The summed E-state index contributed by atoms with van der Waals surface area (Å²) in [5, 5.41) is 12.8. The van der Waals surface area contributed by atoms with Crippen molar-refractivity contribution in [3.05, 3.63) is 41.7 Å². The number of anilines is 1. The number of halogens is 3. The molecule has 2 fully saturated rings. The third kappa shape index (κ3) is 4.32. The summed E-state index contributed by atoms with van der Waals surface area (Å²) < 4.78 is 47.2. The maximum atomic E-state index is 13.9. The van der Waals surface area contributed by atoms with Crippen molar-refractivity contribution in [2.75, 3.05) is 5.32 Å². The van der Waals surface area contributed by atoms with Gasteiger partial charge >= 0.3 is 12.3 Å². The van der Waals surface area contributed by atoms with Crippen molar-refractivity contribution in [3.8, 4) is 17.3 Å². The zero-order valence-corrected chi connectivity index (χ0v) is 20.0. The van der Waals surface area contributed by atoms with Crippen molar-refractivity contribution in [1.29, 1.82) is 5.26 Å². The number of alkyl halides is 3. The zero-order valence-electron chi connectivity index (χ0n) is 20.0. The Morgan fingerprint density at radius 2 is 2.06 bits per heavy atom. The molecular formula is C25H25F3N6O2. The third-order valence-electron chi connectivity index (χ3n) is 6.62. The SMILES string of the molecule is CC(C)(C)OC(=O)N1C2CC[C@H]1CC2Nc1ncc(C(F)(F)F)c(-c2c[nH]c3cc(C#N)ccc23)n1. The molecule has 0 spiro atoms. The van der Waals surface area contributed by atoms with Gasteiger partial charge in [-0.05, 0) is 52.2 Å². The summed E-state index contributed by atoms with van der Waals surface area (Å²) in [5.41, 5.74) is -0.657. The Morgan fingerprint density at radius 1 is 1.28 bits per heavy atom. The van der Waals surface area contributed by atoms with Gasteiger partial charge in [0.05, 0.1) is 29.4 Å². The largest absolute Gasteiger partial charge is 0.444 e. The predicted molar refractivity (Wildman–Crippen MR) is 126 cm³/mol. The zero-order chi connectivity index (χ0) is 25.8. The molecule has 36 heavy (non-hydrogen) atoms. The van der Waals surface area contributed by atoms with Crippen LogP contribution in [0.15, 0.2) is 30.6 Å². The minimum atomic E-state index is -4.66. The van der Waals surface area contributed by atoms with E-state index in [1.54, 1.807) is 23.1 Å². The fourth-order valence-electron chi connectivity index (χ4n) is 5.16. The topological polar surface area (TPSA) is 107 Å². The number of benzene rings is 1. The molecule has 3 aromatic rings. The first-order valence-corrected chi connectivity index (χ1v) is 11.7. The quantitative estimate of drug-likeness (QED) is 0.496. The van der Waals surface area contributed by atoms with Gasteiger partial charge in [0, 0.05) is 34.9 Å². The summed E-state index contributed by atoms with van der Waals surface area (Å²) >= 11 is 0. The van der Waals surface area contributed by atoms with Crippen molar-refractivity contribution >= 4 is 22.9 Å². The summed E-state index contributed by atoms with van der Waals surface area (Å²) in [6.07, 6.45) is -0.567. The number of aromatic nitrogens is 3. The molecular weight excluding hydrogens is 473 g/mol. The summed E-state index contributed by atoms with van der Waals surface area (Å²) in [6, 6.07) is 6.38. The molecule has 0 aliphatic carbocycles. The van der Waals surface area contributed by atoms with E-state index in [0.717, 1.165) is 19.0 Å². The van der Waals surface area contributed by atoms with Crippen molar-refractivity contribution in [3.63, 3.8) is 0 Å². The van der Waals surface area contributed by atoms with Crippen LogP contribution in [0.4, 0.5) is 23.9 Å². The summed E-state index contributed by atoms with van der Waals surface area (Å²) in [7, 11) is 0. The minimum absolute atomic E-state index is 0.000726. The van der Waals surface area contributed by atoms with Crippen molar-refractivity contribution in [2.24, 2.45) is 0 Å². The number of carbonyl (C=O) groups excluding carboxylic acids is 1. The molecule has 0 saturated carbocycles. The van der Waals surface area contributed by atoms with E-state index in [0.29, 0.717) is 22.9 Å². The highest BCUT2D eigenvalue weighted by Crippen LogP contribution is 2.41. The molecule has 2 unspecified atom stereocenters. The number of rotatable bonds is 3. The second kappa shape index (κ2) is 8.40. The van der Waals surface area contributed by atoms with Gasteiger partial charge in [-0.2, -0.15) is 18.4 Å². The van der Waals surface area contributed by atoms with E-state index < -0.39 is 17.3 Å². The van der Waals surface area contributed by atoms with E-state index in [4.69, 9.17) is 10.00 Å². The Balaban J connectivity index is 1.46. The molecule has 188 valence electrons. The van der Waals surface area contributed by atoms with Crippen LogP contribution in [0.1, 0.15) is 51.2 Å². The maximum absolute atomic E-state index is 13.9. The average Bonchev–Trinajstić information content (AvgIpc) is 3.49. The summed E-state index contributed by atoms with van der Waals surface area (Å²) in [4.78, 5) is 25.7. The van der Waals surface area contributed by atoms with E-state index in [1.807, 2.05) is 26.8 Å². The number of hydrogen-bond acceptors (Lipinski definition) is 6. The van der Waals surface area contributed by atoms with Crippen LogP contribution in [-0.4, -0.2) is 49.7 Å². The molecule has 2 N–H and O–H groups in total. The van der Waals surface area contributed by atoms with Crippen molar-refractivity contribution in [1.82, 2.24) is 19.9 Å². The lowest BCUT2D eigenvalue weighted by molar-refractivity contribution is -0.137. The average molecular weight is 499 g/mol. The fourth-order valence-corrected chi connectivity index (χ4v) is 5.16. The molecule has 2 saturated heterocycles. The Hall–Kier alpha value is -3.81. The Labute approximate surface area is 205 Å². The third-order valence-corrected chi connectivity index (χ3v) is 6.62. The van der Waals surface area contributed by atoms with Gasteiger partial charge in [0.1, 0.15) is 11.2 Å². The van der Waals surface area contributed by atoms with Crippen LogP contribution in [0, 0.1) is 11.3 Å². The fraction of sp³-hybridized carbons (Fsp3) is 0.440. The summed E-state index contributed by atoms with van der Waals surface area (Å²) in [6.45, 7) is 5.42. The molecule has 1 amide bonds. The lowest BCUT2D eigenvalue weighted by Crippen LogP contribution is -2.42. The number of carbonyl (C=O) groups is 1. The number of hydrogen-bond donors (Lipinski definition) is 2. The number of fused-ring (bicyclic) bond motifs is 3. The first-order chi connectivity index (χ1) is 16.9. The van der Waals surface area contributed by atoms with Crippen LogP contribution in [0.3, 0.4) is 0 Å². The van der Waals surface area contributed by atoms with Crippen LogP contribution in [0.2, 0.25) is 0 Å². The normalized spacial score (nSPS) is 21.6. The molecule has 4 heterocycles. The summed E-state index contributed by atoms with van der Waals surface area (Å²) in [5.74, 6) is 0.0580. The van der Waals surface area contributed by atoms with E-state index in [9.17, 15) is 18.0 Å². The molecule has 3 atom stereocenters. The van der Waals surface area contributed by atoms with Crippen LogP contribution in [-0.2, 0) is 10.9 Å². The molecule has 2 aliphatic heterocycles. The number of H-pyrrole nitrogens is 1. The maximum Gasteiger partial charge on any atom is 0.419 e. The van der Waals surface area contributed by atoms with Crippen molar-refractivity contribution in [2.45, 2.75) is 69.9 Å². The predicted octanol–water partition coefficient (Wildman–Crippen LogP) is 5.47. The monoisotopic (exact) mass is 498 g/mol. The minimum Gasteiger partial charge on any atom is -0.444 e. The molecule has 0 radical (unpaired) electrons. The highest BCUT2D eigenvalue weighted by Gasteiger charge is 2.50. The number of amides is 1. The smallest absolute Gasteiger partial charge is 0.419 e. The Morgan fingerprint density at radius 3 is 2.75 bits per heavy atom. The van der Waals surface area contributed by atoms with E-state index in [-0.39, 0.29) is 41.4 Å². The second-order valence-electron chi connectivity index (χ2n) is 10.2.